The first-order valence-corrected chi connectivity index (χ1v) is 8.36. The highest BCUT2D eigenvalue weighted by Crippen LogP contribution is 2.23. The van der Waals surface area contributed by atoms with Gasteiger partial charge in [0.1, 0.15) is 5.82 Å². The van der Waals surface area contributed by atoms with Crippen molar-refractivity contribution in [1.29, 1.82) is 0 Å². The van der Waals surface area contributed by atoms with Gasteiger partial charge in [0.2, 0.25) is 0 Å². The highest BCUT2D eigenvalue weighted by Gasteiger charge is 2.13. The van der Waals surface area contributed by atoms with Crippen molar-refractivity contribution < 1.29 is 4.79 Å². The highest BCUT2D eigenvalue weighted by molar-refractivity contribution is 6.42. The lowest BCUT2D eigenvalue weighted by Gasteiger charge is -2.27. The maximum Gasteiger partial charge on any atom is 0.255 e. The second kappa shape index (κ2) is 7.20. The minimum Gasteiger partial charge on any atom is -0.357 e. The number of aromatic nitrogens is 1. The van der Waals surface area contributed by atoms with E-state index in [1.54, 1.807) is 24.4 Å². The number of pyridine rings is 1. The SMILES string of the molecule is O=C(Nc1ccc(N2CCCCC2)nc1)c1ccc(Cl)c(Cl)c1. The van der Waals surface area contributed by atoms with E-state index in [-0.39, 0.29) is 5.91 Å². The van der Waals surface area contributed by atoms with E-state index in [1.807, 2.05) is 12.1 Å². The molecule has 0 radical (unpaired) electrons. The van der Waals surface area contributed by atoms with E-state index in [1.165, 1.54) is 19.3 Å². The third kappa shape index (κ3) is 3.95. The molecule has 1 N–H and O–H groups in total. The van der Waals surface area contributed by atoms with Crippen molar-refractivity contribution in [2.45, 2.75) is 19.3 Å². The molecule has 1 saturated heterocycles. The molecule has 2 aromatic rings. The number of anilines is 2. The summed E-state index contributed by atoms with van der Waals surface area (Å²) in [4.78, 5) is 18.9. The molecule has 0 aliphatic carbocycles. The number of hydrogen-bond acceptors (Lipinski definition) is 3. The van der Waals surface area contributed by atoms with E-state index in [0.29, 0.717) is 21.3 Å². The molecule has 2 heterocycles. The van der Waals surface area contributed by atoms with E-state index in [0.717, 1.165) is 18.9 Å². The first-order valence-electron chi connectivity index (χ1n) is 7.61. The van der Waals surface area contributed by atoms with Crippen LogP contribution >= 0.6 is 23.2 Å². The molecule has 0 spiro atoms. The molecule has 1 aliphatic rings. The quantitative estimate of drug-likeness (QED) is 0.878. The van der Waals surface area contributed by atoms with Gasteiger partial charge in [-0.2, -0.15) is 0 Å². The molecule has 4 nitrogen and oxygen atoms in total. The Hall–Kier alpha value is -1.78. The molecule has 1 aliphatic heterocycles. The van der Waals surface area contributed by atoms with Gasteiger partial charge in [-0.25, -0.2) is 4.98 Å². The van der Waals surface area contributed by atoms with Crippen molar-refractivity contribution in [3.8, 4) is 0 Å². The molecule has 0 bridgehead atoms. The summed E-state index contributed by atoms with van der Waals surface area (Å²) in [6, 6.07) is 8.60. The third-order valence-corrected chi connectivity index (χ3v) is 4.61. The van der Waals surface area contributed by atoms with Crippen LogP contribution in [0.25, 0.3) is 0 Å². The Morgan fingerprint density at radius 2 is 1.83 bits per heavy atom. The van der Waals surface area contributed by atoms with Gasteiger partial charge in [0.25, 0.3) is 5.91 Å². The van der Waals surface area contributed by atoms with Crippen molar-refractivity contribution in [1.82, 2.24) is 4.98 Å². The zero-order valence-corrected chi connectivity index (χ0v) is 14.1. The van der Waals surface area contributed by atoms with Gasteiger partial charge in [-0.3, -0.25) is 4.79 Å². The number of nitrogens with one attached hydrogen (secondary N) is 1. The van der Waals surface area contributed by atoms with Crippen LogP contribution in [0, 0.1) is 0 Å². The Morgan fingerprint density at radius 1 is 1.04 bits per heavy atom. The molecule has 0 unspecified atom stereocenters. The summed E-state index contributed by atoms with van der Waals surface area (Å²) in [5.41, 5.74) is 1.11. The molecule has 23 heavy (non-hydrogen) atoms. The minimum atomic E-state index is -0.240. The Balaban J connectivity index is 1.67. The fraction of sp³-hybridized carbons (Fsp3) is 0.294. The van der Waals surface area contributed by atoms with Crippen molar-refractivity contribution >= 4 is 40.6 Å². The molecule has 120 valence electrons. The third-order valence-electron chi connectivity index (χ3n) is 3.87. The van der Waals surface area contributed by atoms with Crippen LogP contribution in [0.15, 0.2) is 36.5 Å². The molecule has 0 saturated carbocycles. The average Bonchev–Trinajstić information content (AvgIpc) is 2.59. The number of amides is 1. The van der Waals surface area contributed by atoms with Crippen LogP contribution in [0.1, 0.15) is 29.6 Å². The number of rotatable bonds is 3. The lowest BCUT2D eigenvalue weighted by molar-refractivity contribution is 0.102. The zero-order chi connectivity index (χ0) is 16.2. The van der Waals surface area contributed by atoms with Gasteiger partial charge in [-0.1, -0.05) is 23.2 Å². The number of carbonyl (C=O) groups is 1. The molecule has 3 rings (SSSR count). The predicted molar refractivity (Wildman–Crippen MR) is 94.7 cm³/mol. The smallest absolute Gasteiger partial charge is 0.255 e. The van der Waals surface area contributed by atoms with Crippen molar-refractivity contribution in [2.24, 2.45) is 0 Å². The largest absolute Gasteiger partial charge is 0.357 e. The lowest BCUT2D eigenvalue weighted by Crippen LogP contribution is -2.30. The predicted octanol–water partition coefficient (Wildman–Crippen LogP) is 4.63. The number of benzene rings is 1. The van der Waals surface area contributed by atoms with E-state index in [9.17, 15) is 4.79 Å². The highest BCUT2D eigenvalue weighted by atomic mass is 35.5. The lowest BCUT2D eigenvalue weighted by atomic mass is 10.1. The van der Waals surface area contributed by atoms with Gasteiger partial charge in [0.15, 0.2) is 0 Å². The van der Waals surface area contributed by atoms with Gasteiger partial charge in [-0.05, 0) is 49.6 Å². The Morgan fingerprint density at radius 3 is 2.48 bits per heavy atom. The normalized spacial score (nSPS) is 14.6. The molecule has 1 aromatic heterocycles. The maximum absolute atomic E-state index is 12.2. The maximum atomic E-state index is 12.2. The van der Waals surface area contributed by atoms with E-state index in [4.69, 9.17) is 23.2 Å². The Labute approximate surface area is 145 Å². The second-order valence-electron chi connectivity index (χ2n) is 5.54. The van der Waals surface area contributed by atoms with Crippen LogP contribution in [0.2, 0.25) is 10.0 Å². The standard InChI is InChI=1S/C17H17Cl2N3O/c18-14-6-4-12(10-15(14)19)17(23)21-13-5-7-16(20-11-13)22-8-2-1-3-9-22/h4-7,10-11H,1-3,8-9H2,(H,21,23). The average molecular weight is 350 g/mol. The van der Waals surface area contributed by atoms with Gasteiger partial charge in [0.05, 0.1) is 21.9 Å². The zero-order valence-electron chi connectivity index (χ0n) is 12.6. The molecule has 1 fully saturated rings. The van der Waals surface area contributed by atoms with E-state index >= 15 is 0 Å². The Kier molecular flexibility index (Phi) is 5.03. The first-order chi connectivity index (χ1) is 11.1. The summed E-state index contributed by atoms with van der Waals surface area (Å²) in [6.07, 6.45) is 5.38. The number of halogens is 2. The van der Waals surface area contributed by atoms with Crippen LogP contribution in [0.3, 0.4) is 0 Å². The van der Waals surface area contributed by atoms with Crippen LogP contribution in [0.4, 0.5) is 11.5 Å². The van der Waals surface area contributed by atoms with Crippen molar-refractivity contribution in [3.63, 3.8) is 0 Å². The summed E-state index contributed by atoms with van der Waals surface area (Å²) in [5.74, 6) is 0.716. The first kappa shape index (κ1) is 16.1. The topological polar surface area (TPSA) is 45.2 Å². The fourth-order valence-corrected chi connectivity index (χ4v) is 2.91. The number of nitrogens with zero attached hydrogens (tertiary/aromatic N) is 2. The van der Waals surface area contributed by atoms with Gasteiger partial charge >= 0.3 is 0 Å². The Bertz CT molecular complexity index is 697. The van der Waals surface area contributed by atoms with Gasteiger partial charge in [-0.15, -0.1) is 0 Å². The van der Waals surface area contributed by atoms with Crippen molar-refractivity contribution in [3.05, 3.63) is 52.1 Å². The van der Waals surface area contributed by atoms with Crippen molar-refractivity contribution in [2.75, 3.05) is 23.3 Å². The summed E-state index contributed by atoms with van der Waals surface area (Å²) in [7, 11) is 0. The fourth-order valence-electron chi connectivity index (χ4n) is 2.61. The summed E-state index contributed by atoms with van der Waals surface area (Å²) in [6.45, 7) is 2.09. The molecule has 1 amide bonds. The van der Waals surface area contributed by atoms with Gasteiger partial charge in [0, 0.05) is 18.7 Å². The van der Waals surface area contributed by atoms with Crippen LogP contribution < -0.4 is 10.2 Å². The van der Waals surface area contributed by atoms with Crippen LogP contribution in [-0.2, 0) is 0 Å². The van der Waals surface area contributed by atoms with Crippen LogP contribution in [-0.4, -0.2) is 24.0 Å². The number of hydrogen-bond donors (Lipinski definition) is 1. The summed E-state index contributed by atoms with van der Waals surface area (Å²) < 4.78 is 0. The number of piperidine rings is 1. The molecule has 1 aromatic carbocycles. The van der Waals surface area contributed by atoms with Gasteiger partial charge < -0.3 is 10.2 Å². The second-order valence-corrected chi connectivity index (χ2v) is 6.35. The summed E-state index contributed by atoms with van der Waals surface area (Å²) in [5, 5.41) is 3.60. The molecule has 6 heteroatoms. The number of carbonyl (C=O) groups excluding carboxylic acids is 1. The molecular weight excluding hydrogens is 333 g/mol. The monoisotopic (exact) mass is 349 g/mol. The molecule has 0 atom stereocenters. The molecular formula is C17H17Cl2N3O. The van der Waals surface area contributed by atoms with E-state index in [2.05, 4.69) is 15.2 Å². The van der Waals surface area contributed by atoms with Crippen LogP contribution in [0.5, 0.6) is 0 Å². The minimum absolute atomic E-state index is 0.240. The van der Waals surface area contributed by atoms with E-state index < -0.39 is 0 Å². The summed E-state index contributed by atoms with van der Waals surface area (Å²) >= 11 is 11.8.